The van der Waals surface area contributed by atoms with E-state index >= 15 is 0 Å². The standard InChI is InChI=1S/C13H21NO4/c1-14-7-10(15)12-9(8-16-2)5-6-11(17-3)13(12)18-4/h5-6,10,14-15H,7-8H2,1-4H3. The second-order valence-electron chi connectivity index (χ2n) is 3.88. The lowest BCUT2D eigenvalue weighted by Crippen LogP contribution is -2.19. The Morgan fingerprint density at radius 3 is 2.44 bits per heavy atom. The van der Waals surface area contributed by atoms with Gasteiger partial charge in [-0.05, 0) is 18.7 Å². The summed E-state index contributed by atoms with van der Waals surface area (Å²) in [6, 6.07) is 3.68. The summed E-state index contributed by atoms with van der Waals surface area (Å²) in [5.41, 5.74) is 1.59. The van der Waals surface area contributed by atoms with Gasteiger partial charge in [-0.15, -0.1) is 0 Å². The summed E-state index contributed by atoms with van der Waals surface area (Å²) in [6.07, 6.45) is -0.676. The van der Waals surface area contributed by atoms with Gasteiger partial charge in [0.05, 0.1) is 26.9 Å². The molecule has 5 heteroatoms. The van der Waals surface area contributed by atoms with Crippen LogP contribution in [-0.4, -0.2) is 40.0 Å². The molecular weight excluding hydrogens is 234 g/mol. The van der Waals surface area contributed by atoms with Crippen molar-refractivity contribution in [2.24, 2.45) is 0 Å². The highest BCUT2D eigenvalue weighted by Crippen LogP contribution is 2.37. The van der Waals surface area contributed by atoms with Crippen molar-refractivity contribution in [3.63, 3.8) is 0 Å². The number of aliphatic hydroxyl groups is 1. The molecule has 0 amide bonds. The second-order valence-corrected chi connectivity index (χ2v) is 3.88. The van der Waals surface area contributed by atoms with Crippen LogP contribution in [0.4, 0.5) is 0 Å². The summed E-state index contributed by atoms with van der Waals surface area (Å²) in [6.45, 7) is 0.844. The first-order chi connectivity index (χ1) is 8.69. The molecule has 0 bridgehead atoms. The molecule has 1 aromatic carbocycles. The number of rotatable bonds is 7. The van der Waals surface area contributed by atoms with Crippen LogP contribution < -0.4 is 14.8 Å². The van der Waals surface area contributed by atoms with E-state index in [1.165, 1.54) is 0 Å². The zero-order valence-corrected chi connectivity index (χ0v) is 11.3. The summed E-state index contributed by atoms with van der Waals surface area (Å²) in [5, 5.41) is 13.1. The Morgan fingerprint density at radius 1 is 1.22 bits per heavy atom. The van der Waals surface area contributed by atoms with Crippen LogP contribution in [0.5, 0.6) is 11.5 Å². The van der Waals surface area contributed by atoms with Crippen LogP contribution >= 0.6 is 0 Å². The van der Waals surface area contributed by atoms with Crippen LogP contribution in [0.25, 0.3) is 0 Å². The minimum atomic E-state index is -0.676. The molecule has 0 saturated heterocycles. The van der Waals surface area contributed by atoms with Crippen LogP contribution in [0.1, 0.15) is 17.2 Å². The number of benzene rings is 1. The molecule has 1 rings (SSSR count). The van der Waals surface area contributed by atoms with E-state index in [0.717, 1.165) is 5.56 Å². The Kier molecular flexibility index (Phi) is 5.91. The first-order valence-electron chi connectivity index (χ1n) is 5.74. The predicted octanol–water partition coefficient (Wildman–Crippen LogP) is 1.10. The molecule has 102 valence electrons. The first-order valence-corrected chi connectivity index (χ1v) is 5.74. The third-order valence-electron chi connectivity index (χ3n) is 2.70. The fourth-order valence-electron chi connectivity index (χ4n) is 1.93. The molecule has 1 atom stereocenters. The van der Waals surface area contributed by atoms with Crippen molar-refractivity contribution in [2.45, 2.75) is 12.7 Å². The Bertz CT molecular complexity index is 381. The highest BCUT2D eigenvalue weighted by atomic mass is 16.5. The molecule has 0 aliphatic rings. The molecule has 18 heavy (non-hydrogen) atoms. The number of methoxy groups -OCH3 is 3. The van der Waals surface area contributed by atoms with Crippen molar-refractivity contribution in [1.82, 2.24) is 5.32 Å². The van der Waals surface area contributed by atoms with Crippen molar-refractivity contribution in [3.05, 3.63) is 23.3 Å². The van der Waals surface area contributed by atoms with E-state index in [0.29, 0.717) is 30.2 Å². The predicted molar refractivity (Wildman–Crippen MR) is 69.1 cm³/mol. The summed E-state index contributed by atoms with van der Waals surface area (Å²) in [5.74, 6) is 1.15. The van der Waals surface area contributed by atoms with Gasteiger partial charge in [-0.2, -0.15) is 0 Å². The van der Waals surface area contributed by atoms with E-state index in [2.05, 4.69) is 5.32 Å². The normalized spacial score (nSPS) is 12.3. The van der Waals surface area contributed by atoms with Gasteiger partial charge in [0.25, 0.3) is 0 Å². The van der Waals surface area contributed by atoms with Gasteiger partial charge < -0.3 is 24.6 Å². The maximum absolute atomic E-state index is 10.2. The average Bonchev–Trinajstić information content (AvgIpc) is 2.38. The first kappa shape index (κ1) is 14.8. The van der Waals surface area contributed by atoms with Crippen molar-refractivity contribution >= 4 is 0 Å². The summed E-state index contributed by atoms with van der Waals surface area (Å²) < 4.78 is 15.7. The van der Waals surface area contributed by atoms with Crippen molar-refractivity contribution in [2.75, 3.05) is 34.9 Å². The van der Waals surface area contributed by atoms with Crippen LogP contribution in [0.15, 0.2) is 12.1 Å². The van der Waals surface area contributed by atoms with Gasteiger partial charge in [-0.3, -0.25) is 0 Å². The topological polar surface area (TPSA) is 60.0 Å². The maximum atomic E-state index is 10.2. The lowest BCUT2D eigenvalue weighted by Gasteiger charge is -2.20. The molecule has 0 fully saturated rings. The largest absolute Gasteiger partial charge is 0.493 e. The molecule has 0 spiro atoms. The SMILES string of the molecule is CNCC(O)c1c(COC)ccc(OC)c1OC. The molecule has 0 saturated carbocycles. The van der Waals surface area contributed by atoms with Crippen molar-refractivity contribution in [1.29, 1.82) is 0 Å². The number of nitrogens with one attached hydrogen (secondary N) is 1. The fourth-order valence-corrected chi connectivity index (χ4v) is 1.93. The van der Waals surface area contributed by atoms with Gasteiger partial charge in [0.1, 0.15) is 0 Å². The number of hydrogen-bond donors (Lipinski definition) is 2. The minimum Gasteiger partial charge on any atom is -0.493 e. The molecule has 1 aromatic rings. The Hall–Kier alpha value is -1.30. The van der Waals surface area contributed by atoms with E-state index in [1.807, 2.05) is 12.1 Å². The average molecular weight is 255 g/mol. The molecule has 0 aromatic heterocycles. The van der Waals surface area contributed by atoms with Crippen molar-refractivity contribution in [3.8, 4) is 11.5 Å². The van der Waals surface area contributed by atoms with Crippen LogP contribution in [-0.2, 0) is 11.3 Å². The molecule has 0 aliphatic carbocycles. The van der Waals surface area contributed by atoms with E-state index in [1.54, 1.807) is 28.4 Å². The van der Waals surface area contributed by atoms with Crippen molar-refractivity contribution < 1.29 is 19.3 Å². The number of aliphatic hydroxyl groups excluding tert-OH is 1. The monoisotopic (exact) mass is 255 g/mol. The summed E-state index contributed by atoms with van der Waals surface area (Å²) in [4.78, 5) is 0. The zero-order valence-electron chi connectivity index (χ0n) is 11.3. The van der Waals surface area contributed by atoms with E-state index < -0.39 is 6.10 Å². The van der Waals surface area contributed by atoms with Gasteiger partial charge in [-0.25, -0.2) is 0 Å². The molecule has 5 nitrogen and oxygen atoms in total. The highest BCUT2D eigenvalue weighted by Gasteiger charge is 2.21. The Balaban J connectivity index is 3.28. The Labute approximate surface area is 108 Å². The maximum Gasteiger partial charge on any atom is 0.166 e. The third kappa shape index (κ3) is 3.13. The molecule has 2 N–H and O–H groups in total. The number of likely N-dealkylation sites (N-methyl/N-ethyl adjacent to an activating group) is 1. The van der Waals surface area contributed by atoms with Crippen LogP contribution in [0, 0.1) is 0 Å². The minimum absolute atomic E-state index is 0.413. The lowest BCUT2D eigenvalue weighted by molar-refractivity contribution is 0.157. The highest BCUT2D eigenvalue weighted by molar-refractivity contribution is 5.52. The van der Waals surface area contributed by atoms with Crippen LogP contribution in [0.3, 0.4) is 0 Å². The molecule has 0 aliphatic heterocycles. The molecular formula is C13H21NO4. The molecule has 1 unspecified atom stereocenters. The third-order valence-corrected chi connectivity index (χ3v) is 2.70. The second kappa shape index (κ2) is 7.20. The number of ether oxygens (including phenoxy) is 3. The Morgan fingerprint density at radius 2 is 1.94 bits per heavy atom. The van der Waals surface area contributed by atoms with Gasteiger partial charge in [-0.1, -0.05) is 6.07 Å². The number of hydrogen-bond acceptors (Lipinski definition) is 5. The van der Waals surface area contributed by atoms with E-state index in [4.69, 9.17) is 14.2 Å². The quantitative estimate of drug-likeness (QED) is 0.764. The van der Waals surface area contributed by atoms with Gasteiger partial charge in [0.15, 0.2) is 11.5 Å². The van der Waals surface area contributed by atoms with E-state index in [-0.39, 0.29) is 0 Å². The molecule has 0 radical (unpaired) electrons. The van der Waals surface area contributed by atoms with Gasteiger partial charge in [0.2, 0.25) is 0 Å². The fraction of sp³-hybridized carbons (Fsp3) is 0.538. The zero-order chi connectivity index (χ0) is 13.5. The summed E-state index contributed by atoms with van der Waals surface area (Å²) in [7, 11) is 6.53. The van der Waals surface area contributed by atoms with Gasteiger partial charge in [0, 0.05) is 19.2 Å². The molecule has 0 heterocycles. The lowest BCUT2D eigenvalue weighted by atomic mass is 10.0. The van der Waals surface area contributed by atoms with Crippen LogP contribution in [0.2, 0.25) is 0 Å². The smallest absolute Gasteiger partial charge is 0.166 e. The van der Waals surface area contributed by atoms with E-state index in [9.17, 15) is 5.11 Å². The summed E-state index contributed by atoms with van der Waals surface area (Å²) >= 11 is 0. The van der Waals surface area contributed by atoms with Gasteiger partial charge >= 0.3 is 0 Å².